The van der Waals surface area contributed by atoms with Gasteiger partial charge in [-0.3, -0.25) is 9.36 Å². The third kappa shape index (κ3) is 4.36. The molecule has 3 aromatic rings. The molecule has 1 aliphatic heterocycles. The van der Waals surface area contributed by atoms with Crippen molar-refractivity contribution < 1.29 is 9.53 Å². The lowest BCUT2D eigenvalue weighted by Crippen LogP contribution is -2.39. The van der Waals surface area contributed by atoms with Gasteiger partial charge >= 0.3 is 11.8 Å². The molecule has 7 nitrogen and oxygen atoms in total. The van der Waals surface area contributed by atoms with Gasteiger partial charge in [-0.1, -0.05) is 38.8 Å². The number of carbonyl (C=O) groups is 1. The van der Waals surface area contributed by atoms with Crippen LogP contribution in [-0.2, 0) is 30.7 Å². The minimum atomic E-state index is -0.339. The van der Waals surface area contributed by atoms with E-state index in [0.29, 0.717) is 43.7 Å². The summed E-state index contributed by atoms with van der Waals surface area (Å²) in [4.78, 5) is 42.9. The normalized spacial score (nSPS) is 13.4. The molecule has 1 aromatic carbocycles. The van der Waals surface area contributed by atoms with Crippen LogP contribution in [0.2, 0.25) is 0 Å². The molecule has 0 N–H and O–H groups in total. The van der Waals surface area contributed by atoms with Crippen LogP contribution in [0.15, 0.2) is 33.9 Å². The van der Waals surface area contributed by atoms with Crippen LogP contribution in [0.5, 0.6) is 0 Å². The van der Waals surface area contributed by atoms with Crippen molar-refractivity contribution in [2.24, 2.45) is 0 Å². The summed E-state index contributed by atoms with van der Waals surface area (Å²) in [7, 11) is 0. The van der Waals surface area contributed by atoms with Gasteiger partial charge in [0, 0.05) is 18.0 Å². The molecule has 176 valence electrons. The van der Waals surface area contributed by atoms with Crippen LogP contribution < -0.4 is 11.2 Å². The number of thiophene rings is 1. The van der Waals surface area contributed by atoms with Crippen molar-refractivity contribution in [3.05, 3.63) is 61.1 Å². The lowest BCUT2D eigenvalue weighted by atomic mass is 10.1. The van der Waals surface area contributed by atoms with E-state index in [1.54, 1.807) is 16.4 Å². The Morgan fingerprint density at radius 1 is 1.09 bits per heavy atom. The molecule has 0 spiro atoms. The molecule has 0 bridgehead atoms. The Hall–Kier alpha value is -2.87. The van der Waals surface area contributed by atoms with Gasteiger partial charge in [-0.2, -0.15) is 0 Å². The van der Waals surface area contributed by atoms with Gasteiger partial charge in [-0.15, -0.1) is 11.3 Å². The minimum absolute atomic E-state index is 0.270. The highest BCUT2D eigenvalue weighted by Crippen LogP contribution is 2.33. The van der Waals surface area contributed by atoms with Gasteiger partial charge < -0.3 is 9.64 Å². The zero-order valence-electron chi connectivity index (χ0n) is 19.6. The lowest BCUT2D eigenvalue weighted by molar-refractivity contribution is 0.103. The Balaban J connectivity index is 1.89. The number of hydrogen-bond donors (Lipinski definition) is 0. The number of nitrogens with zero attached hydrogens (tertiary/aromatic N) is 3. The van der Waals surface area contributed by atoms with Crippen LogP contribution in [0.25, 0.3) is 15.9 Å². The van der Waals surface area contributed by atoms with E-state index < -0.39 is 0 Å². The van der Waals surface area contributed by atoms with Crippen molar-refractivity contribution in [1.29, 1.82) is 0 Å². The molecule has 1 amide bonds. The zero-order valence-corrected chi connectivity index (χ0v) is 20.4. The second-order valence-electron chi connectivity index (χ2n) is 8.36. The maximum absolute atomic E-state index is 13.7. The van der Waals surface area contributed by atoms with E-state index >= 15 is 0 Å². The van der Waals surface area contributed by atoms with Crippen molar-refractivity contribution >= 4 is 27.6 Å². The van der Waals surface area contributed by atoms with Crippen molar-refractivity contribution in [3.63, 3.8) is 0 Å². The number of rotatable bonds is 7. The Morgan fingerprint density at radius 3 is 2.52 bits per heavy atom. The quantitative estimate of drug-likeness (QED) is 0.478. The SMILES string of the molecule is CCCCCn1c(=O)n(-c2ccc(CC)cc2)c(=O)c2c3c(sc21)CN(C(=O)OCC)CC3. The number of aryl methyl sites for hydroxylation is 2. The first kappa shape index (κ1) is 23.3. The van der Waals surface area contributed by atoms with Gasteiger partial charge in [-0.05, 0) is 49.4 Å². The summed E-state index contributed by atoms with van der Waals surface area (Å²) in [5.41, 5.74) is 2.14. The molecule has 0 radical (unpaired) electrons. The molecule has 0 atom stereocenters. The third-order valence-corrected chi connectivity index (χ3v) is 7.48. The average molecular weight is 470 g/mol. The summed E-state index contributed by atoms with van der Waals surface area (Å²) >= 11 is 1.46. The van der Waals surface area contributed by atoms with Gasteiger partial charge in [0.25, 0.3) is 5.56 Å². The summed E-state index contributed by atoms with van der Waals surface area (Å²) in [5.74, 6) is 0. The molecule has 0 fully saturated rings. The Kier molecular flexibility index (Phi) is 7.02. The van der Waals surface area contributed by atoms with Gasteiger partial charge in [0.15, 0.2) is 0 Å². The van der Waals surface area contributed by atoms with Crippen LogP contribution in [0.3, 0.4) is 0 Å². The van der Waals surface area contributed by atoms with E-state index in [2.05, 4.69) is 13.8 Å². The molecule has 1 aliphatic rings. The maximum Gasteiger partial charge on any atom is 0.410 e. The number of ether oxygens (including phenoxy) is 1. The highest BCUT2D eigenvalue weighted by Gasteiger charge is 2.29. The Bertz CT molecular complexity index is 1270. The van der Waals surface area contributed by atoms with E-state index in [0.717, 1.165) is 46.5 Å². The molecule has 0 saturated heterocycles. The topological polar surface area (TPSA) is 73.5 Å². The van der Waals surface area contributed by atoms with E-state index in [1.165, 1.54) is 15.9 Å². The predicted molar refractivity (Wildman–Crippen MR) is 132 cm³/mol. The van der Waals surface area contributed by atoms with Crippen LogP contribution >= 0.6 is 11.3 Å². The van der Waals surface area contributed by atoms with E-state index in [-0.39, 0.29) is 17.3 Å². The second kappa shape index (κ2) is 9.95. The molecule has 3 heterocycles. The van der Waals surface area contributed by atoms with E-state index in [9.17, 15) is 14.4 Å². The first-order chi connectivity index (χ1) is 16.0. The van der Waals surface area contributed by atoms with Crippen LogP contribution in [-0.4, -0.2) is 33.3 Å². The molecule has 8 heteroatoms. The first-order valence-corrected chi connectivity index (χ1v) is 12.6. The van der Waals surface area contributed by atoms with Gasteiger partial charge in [0.05, 0.1) is 24.2 Å². The molecule has 33 heavy (non-hydrogen) atoms. The second-order valence-corrected chi connectivity index (χ2v) is 9.44. The van der Waals surface area contributed by atoms with Gasteiger partial charge in [0.1, 0.15) is 4.83 Å². The number of fused-ring (bicyclic) bond motifs is 3. The number of benzene rings is 1. The Morgan fingerprint density at radius 2 is 1.85 bits per heavy atom. The molecule has 2 aromatic heterocycles. The highest BCUT2D eigenvalue weighted by atomic mass is 32.1. The first-order valence-electron chi connectivity index (χ1n) is 11.8. The van der Waals surface area contributed by atoms with Crippen molar-refractivity contribution in [3.8, 4) is 5.69 Å². The number of hydrogen-bond acceptors (Lipinski definition) is 5. The summed E-state index contributed by atoms with van der Waals surface area (Å²) in [6.07, 6.45) is 4.06. The highest BCUT2D eigenvalue weighted by molar-refractivity contribution is 7.18. The lowest BCUT2D eigenvalue weighted by Gasteiger charge is -2.25. The van der Waals surface area contributed by atoms with Crippen LogP contribution in [0.1, 0.15) is 56.0 Å². The summed E-state index contributed by atoms with van der Waals surface area (Å²) in [6, 6.07) is 7.64. The fourth-order valence-corrected chi connectivity index (χ4v) is 5.78. The minimum Gasteiger partial charge on any atom is -0.450 e. The smallest absolute Gasteiger partial charge is 0.410 e. The predicted octanol–water partition coefficient (Wildman–Crippen LogP) is 4.48. The van der Waals surface area contributed by atoms with Crippen molar-refractivity contribution in [2.45, 2.75) is 66.0 Å². The van der Waals surface area contributed by atoms with E-state index in [4.69, 9.17) is 4.74 Å². The molecule has 4 rings (SSSR count). The van der Waals surface area contributed by atoms with Crippen molar-refractivity contribution in [2.75, 3.05) is 13.2 Å². The molecule has 0 aliphatic carbocycles. The fourth-order valence-electron chi connectivity index (χ4n) is 4.40. The zero-order chi connectivity index (χ0) is 23.5. The fraction of sp³-hybridized carbons (Fsp3) is 0.480. The molecular weight excluding hydrogens is 438 g/mol. The van der Waals surface area contributed by atoms with Gasteiger partial charge in [-0.25, -0.2) is 14.2 Å². The molecular formula is C25H31N3O4S. The summed E-state index contributed by atoms with van der Waals surface area (Å²) in [6.45, 7) is 7.79. The third-order valence-electron chi connectivity index (χ3n) is 6.24. The number of carbonyl (C=O) groups excluding carboxylic acids is 1. The maximum atomic E-state index is 13.7. The largest absolute Gasteiger partial charge is 0.450 e. The summed E-state index contributed by atoms with van der Waals surface area (Å²) < 4.78 is 8.25. The van der Waals surface area contributed by atoms with Crippen LogP contribution in [0.4, 0.5) is 4.79 Å². The molecule has 0 unspecified atom stereocenters. The van der Waals surface area contributed by atoms with Crippen LogP contribution in [0, 0.1) is 0 Å². The standard InChI is InChI=1S/C25H31N3O4S/c1-4-7-8-14-27-23-21(19-13-15-26(16-20(19)33-23)25(31)32-6-3)22(29)28(24(27)30)18-11-9-17(5-2)10-12-18/h9-12H,4-8,13-16H2,1-3H3. The molecule has 0 saturated carbocycles. The monoisotopic (exact) mass is 469 g/mol. The van der Waals surface area contributed by atoms with Gasteiger partial charge in [0.2, 0.25) is 0 Å². The van der Waals surface area contributed by atoms with Crippen molar-refractivity contribution in [1.82, 2.24) is 14.0 Å². The van der Waals surface area contributed by atoms with E-state index in [1.807, 2.05) is 24.3 Å². The number of amides is 1. The summed E-state index contributed by atoms with van der Waals surface area (Å²) in [5, 5.41) is 0.620. The number of aromatic nitrogens is 2. The average Bonchev–Trinajstić information content (AvgIpc) is 3.20. The Labute approximate surface area is 197 Å². The number of unbranched alkanes of at least 4 members (excludes halogenated alkanes) is 2.